The summed E-state index contributed by atoms with van der Waals surface area (Å²) in [6.45, 7) is 1.41. The third-order valence-electron chi connectivity index (χ3n) is 6.61. The van der Waals surface area contributed by atoms with Crippen LogP contribution in [-0.4, -0.2) is 40.0 Å². The number of nitrogens with zero attached hydrogens (tertiary/aromatic N) is 4. The van der Waals surface area contributed by atoms with E-state index in [1.807, 2.05) is 0 Å². The monoisotopic (exact) mass is 483 g/mol. The van der Waals surface area contributed by atoms with Crippen molar-refractivity contribution in [3.8, 4) is 22.5 Å². The molecule has 2 aromatic heterocycles. The van der Waals surface area contributed by atoms with Crippen LogP contribution in [-0.2, 0) is 4.79 Å². The lowest BCUT2D eigenvalue weighted by atomic mass is 9.84. The number of rotatable bonds is 5. The predicted molar refractivity (Wildman–Crippen MR) is 126 cm³/mol. The number of amides is 1. The lowest BCUT2D eigenvalue weighted by Gasteiger charge is -2.35. The van der Waals surface area contributed by atoms with Crippen molar-refractivity contribution in [1.29, 1.82) is 0 Å². The molecule has 1 saturated carbocycles. The van der Waals surface area contributed by atoms with Gasteiger partial charge in [-0.25, -0.2) is 18.7 Å². The van der Waals surface area contributed by atoms with Crippen molar-refractivity contribution in [1.82, 2.24) is 20.3 Å². The first-order valence-corrected chi connectivity index (χ1v) is 11.8. The van der Waals surface area contributed by atoms with Gasteiger partial charge in [-0.3, -0.25) is 9.78 Å². The zero-order valence-corrected chi connectivity index (χ0v) is 19.2. The average molecular weight is 484 g/mol. The number of piperidine rings is 1. The van der Waals surface area contributed by atoms with E-state index in [2.05, 4.69) is 20.2 Å². The van der Waals surface area contributed by atoms with E-state index in [1.54, 1.807) is 18.5 Å². The van der Waals surface area contributed by atoms with E-state index < -0.39 is 11.6 Å². The third-order valence-corrected chi connectivity index (χ3v) is 6.92. The van der Waals surface area contributed by atoms with Gasteiger partial charge in [0.2, 0.25) is 5.91 Å². The van der Waals surface area contributed by atoms with Gasteiger partial charge in [-0.15, -0.1) is 0 Å². The molecule has 1 N–H and O–H groups in total. The maximum atomic E-state index is 14.6. The van der Waals surface area contributed by atoms with E-state index in [-0.39, 0.29) is 29.1 Å². The Bertz CT molecular complexity index is 1210. The number of hydrogen-bond donors (Lipinski definition) is 1. The fourth-order valence-corrected chi connectivity index (χ4v) is 4.62. The van der Waals surface area contributed by atoms with Gasteiger partial charge in [0.05, 0.1) is 16.9 Å². The van der Waals surface area contributed by atoms with Gasteiger partial charge in [-0.1, -0.05) is 18.0 Å². The van der Waals surface area contributed by atoms with Crippen molar-refractivity contribution in [2.75, 3.05) is 18.0 Å². The van der Waals surface area contributed by atoms with E-state index in [9.17, 15) is 13.6 Å². The number of hydrogen-bond acceptors (Lipinski definition) is 5. The molecule has 1 aliphatic heterocycles. The number of aromatic nitrogens is 3. The Balaban J connectivity index is 1.41. The summed E-state index contributed by atoms with van der Waals surface area (Å²) in [6.07, 6.45) is 9.40. The second-order valence-electron chi connectivity index (χ2n) is 8.80. The lowest BCUT2D eigenvalue weighted by molar-refractivity contribution is -0.128. The topological polar surface area (TPSA) is 71.0 Å². The summed E-state index contributed by atoms with van der Waals surface area (Å²) in [5.74, 6) is -0.406. The number of carbonyl (C=O) groups is 1. The van der Waals surface area contributed by atoms with Gasteiger partial charge in [-0.05, 0) is 43.9 Å². The van der Waals surface area contributed by atoms with Gasteiger partial charge in [0, 0.05) is 54.6 Å². The van der Waals surface area contributed by atoms with E-state index in [4.69, 9.17) is 16.6 Å². The Morgan fingerprint density at radius 3 is 2.50 bits per heavy atom. The first kappa shape index (κ1) is 22.7. The third kappa shape index (κ3) is 4.59. The molecule has 1 aliphatic carbocycles. The van der Waals surface area contributed by atoms with E-state index >= 15 is 0 Å². The summed E-state index contributed by atoms with van der Waals surface area (Å²) < 4.78 is 28.1. The van der Waals surface area contributed by atoms with Crippen LogP contribution in [0.1, 0.15) is 32.1 Å². The molecule has 0 spiro atoms. The molecular weight excluding hydrogens is 460 g/mol. The molecule has 176 valence electrons. The molecule has 9 heteroatoms. The number of anilines is 1. The van der Waals surface area contributed by atoms with Crippen molar-refractivity contribution in [2.45, 2.75) is 38.1 Å². The molecule has 0 bridgehead atoms. The Labute approximate surface area is 201 Å². The lowest BCUT2D eigenvalue weighted by Crippen LogP contribution is -2.47. The highest BCUT2D eigenvalue weighted by Crippen LogP contribution is 2.36. The second kappa shape index (κ2) is 9.62. The molecule has 0 unspecified atom stereocenters. The smallest absolute Gasteiger partial charge is 0.223 e. The molecule has 1 aromatic carbocycles. The van der Waals surface area contributed by atoms with E-state index in [0.29, 0.717) is 35.2 Å². The largest absolute Gasteiger partial charge is 0.355 e. The second-order valence-corrected chi connectivity index (χ2v) is 9.21. The number of benzene rings is 1. The SMILES string of the molecule is O=C(NC1CCN(c2cnc(-c3ccc(F)cc3F)c(-c3ccncc3Cl)n2)CC1)C1CCC1. The minimum Gasteiger partial charge on any atom is -0.355 e. The predicted octanol–water partition coefficient (Wildman–Crippen LogP) is 5.02. The molecule has 34 heavy (non-hydrogen) atoms. The highest BCUT2D eigenvalue weighted by atomic mass is 35.5. The molecule has 0 atom stereocenters. The summed E-state index contributed by atoms with van der Waals surface area (Å²) in [6, 6.07) is 5.21. The molecule has 1 amide bonds. The summed E-state index contributed by atoms with van der Waals surface area (Å²) in [4.78, 5) is 27.7. The number of halogens is 3. The quantitative estimate of drug-likeness (QED) is 0.551. The maximum absolute atomic E-state index is 14.6. The zero-order valence-electron chi connectivity index (χ0n) is 18.5. The molecular formula is C25H24ClF2N5O. The number of pyridine rings is 1. The number of nitrogens with one attached hydrogen (secondary N) is 1. The van der Waals surface area contributed by atoms with Crippen LogP contribution in [0.3, 0.4) is 0 Å². The fraction of sp³-hybridized carbons (Fsp3) is 0.360. The van der Waals surface area contributed by atoms with Gasteiger partial charge in [0.25, 0.3) is 0 Å². The molecule has 6 nitrogen and oxygen atoms in total. The van der Waals surface area contributed by atoms with Gasteiger partial charge in [0.1, 0.15) is 23.1 Å². The molecule has 3 aromatic rings. The summed E-state index contributed by atoms with van der Waals surface area (Å²) >= 11 is 6.39. The minimum atomic E-state index is -0.725. The van der Waals surface area contributed by atoms with Crippen LogP contribution >= 0.6 is 11.6 Å². The molecule has 2 fully saturated rings. The highest BCUT2D eigenvalue weighted by Gasteiger charge is 2.29. The standard InChI is InChI=1S/C25H24ClF2N5O/c26-20-13-29-9-6-18(20)24-23(19-5-4-16(27)12-21(19)28)30-14-22(32-24)33-10-7-17(8-11-33)31-25(34)15-2-1-3-15/h4-6,9,12-15,17H,1-3,7-8,10-11H2,(H,31,34). The Morgan fingerprint density at radius 1 is 1.03 bits per heavy atom. The fourth-order valence-electron chi connectivity index (χ4n) is 4.41. The van der Waals surface area contributed by atoms with Crippen LogP contribution in [0, 0.1) is 17.6 Å². The van der Waals surface area contributed by atoms with Crippen LogP contribution in [0.2, 0.25) is 5.02 Å². The van der Waals surface area contributed by atoms with Gasteiger partial charge in [0.15, 0.2) is 0 Å². The highest BCUT2D eigenvalue weighted by molar-refractivity contribution is 6.33. The van der Waals surface area contributed by atoms with Gasteiger partial charge in [-0.2, -0.15) is 0 Å². The van der Waals surface area contributed by atoms with E-state index in [0.717, 1.165) is 38.2 Å². The van der Waals surface area contributed by atoms with Gasteiger partial charge < -0.3 is 10.2 Å². The number of carbonyl (C=O) groups excluding carboxylic acids is 1. The van der Waals surface area contributed by atoms with Crippen LogP contribution in [0.15, 0.2) is 42.9 Å². The molecule has 0 radical (unpaired) electrons. The van der Waals surface area contributed by atoms with Crippen molar-refractivity contribution < 1.29 is 13.6 Å². The maximum Gasteiger partial charge on any atom is 0.223 e. The van der Waals surface area contributed by atoms with Crippen LogP contribution in [0.4, 0.5) is 14.6 Å². The van der Waals surface area contributed by atoms with Crippen molar-refractivity contribution in [2.24, 2.45) is 5.92 Å². The normalized spacial score (nSPS) is 16.9. The molecule has 2 aliphatic rings. The van der Waals surface area contributed by atoms with Crippen molar-refractivity contribution in [3.05, 3.63) is 59.5 Å². The van der Waals surface area contributed by atoms with Crippen molar-refractivity contribution in [3.63, 3.8) is 0 Å². The Morgan fingerprint density at radius 2 is 1.82 bits per heavy atom. The summed E-state index contributed by atoms with van der Waals surface area (Å²) in [5.41, 5.74) is 1.38. The van der Waals surface area contributed by atoms with Crippen LogP contribution in [0.5, 0.6) is 0 Å². The minimum absolute atomic E-state index is 0.140. The van der Waals surface area contributed by atoms with Crippen molar-refractivity contribution >= 4 is 23.3 Å². The average Bonchev–Trinajstić information content (AvgIpc) is 2.79. The molecule has 3 heterocycles. The molecule has 1 saturated heterocycles. The first-order valence-electron chi connectivity index (χ1n) is 11.5. The van der Waals surface area contributed by atoms with Crippen LogP contribution < -0.4 is 10.2 Å². The Kier molecular flexibility index (Phi) is 6.41. The van der Waals surface area contributed by atoms with E-state index in [1.165, 1.54) is 18.3 Å². The summed E-state index contributed by atoms with van der Waals surface area (Å²) in [7, 11) is 0. The summed E-state index contributed by atoms with van der Waals surface area (Å²) in [5, 5.41) is 3.54. The van der Waals surface area contributed by atoms with Gasteiger partial charge >= 0.3 is 0 Å². The van der Waals surface area contributed by atoms with Crippen LogP contribution in [0.25, 0.3) is 22.5 Å². The molecule has 5 rings (SSSR count). The Hall–Kier alpha value is -3.13. The first-order chi connectivity index (χ1) is 16.5. The zero-order chi connectivity index (χ0) is 23.7.